The van der Waals surface area contributed by atoms with Crippen LogP contribution in [0.5, 0.6) is 0 Å². The van der Waals surface area contributed by atoms with E-state index in [0.29, 0.717) is 48.2 Å². The van der Waals surface area contributed by atoms with Crippen LogP contribution in [-0.4, -0.2) is 50.6 Å². The molecule has 8 nitrogen and oxygen atoms in total. The number of ether oxygens (including phenoxy) is 1. The Morgan fingerprint density at radius 1 is 0.977 bits per heavy atom. The Morgan fingerprint density at radius 3 is 2.25 bits per heavy atom. The Morgan fingerprint density at radius 2 is 1.64 bits per heavy atom. The molecule has 1 saturated heterocycles. The Balaban J connectivity index is 1.31. The number of amides is 2. The molecule has 1 atom stereocenters. The van der Waals surface area contributed by atoms with E-state index >= 15 is 0 Å². The minimum atomic E-state index is -4.44. The van der Waals surface area contributed by atoms with Crippen LogP contribution in [0.15, 0.2) is 72.8 Å². The average Bonchev–Trinajstić information content (AvgIpc) is 3.03. The summed E-state index contributed by atoms with van der Waals surface area (Å²) in [6.07, 6.45) is -1.42. The third-order valence-electron chi connectivity index (χ3n) is 7.79. The lowest BCUT2D eigenvalue weighted by Gasteiger charge is -2.33. The summed E-state index contributed by atoms with van der Waals surface area (Å²) < 4.78 is 43.8. The molecule has 1 aliphatic heterocycles. The Kier molecular flexibility index (Phi) is 11.0. The Hall–Kier alpha value is -4.38. The summed E-state index contributed by atoms with van der Waals surface area (Å²) in [6, 6.07) is 18.3. The van der Waals surface area contributed by atoms with Crippen LogP contribution < -0.4 is 21.3 Å². The second-order valence-corrected chi connectivity index (χ2v) is 10.8. The zero-order valence-electron chi connectivity index (χ0n) is 24.5. The van der Waals surface area contributed by atoms with Crippen LogP contribution in [-0.2, 0) is 20.5 Å². The molecule has 4 N–H and O–H groups in total. The molecule has 234 valence electrons. The number of hydrogen-bond donors (Lipinski definition) is 3. The van der Waals surface area contributed by atoms with Gasteiger partial charge in [0.2, 0.25) is 5.91 Å². The van der Waals surface area contributed by atoms with Crippen LogP contribution in [0.2, 0.25) is 0 Å². The Labute approximate surface area is 254 Å². The van der Waals surface area contributed by atoms with Gasteiger partial charge in [0.05, 0.1) is 12.7 Å². The van der Waals surface area contributed by atoms with Gasteiger partial charge in [-0.2, -0.15) is 13.2 Å². The van der Waals surface area contributed by atoms with Gasteiger partial charge in [-0.05, 0) is 91.7 Å². The number of nitrogens with one attached hydrogen (secondary N) is 2. The molecule has 1 aliphatic rings. The second kappa shape index (κ2) is 14.9. The minimum absolute atomic E-state index is 0.170. The number of piperidine rings is 1. The molecular weight excluding hydrogens is 573 g/mol. The largest absolute Gasteiger partial charge is 0.467 e. The van der Waals surface area contributed by atoms with Gasteiger partial charge in [-0.1, -0.05) is 30.3 Å². The fraction of sp³-hybridized carbons (Fsp3) is 0.364. The number of anilines is 2. The van der Waals surface area contributed by atoms with E-state index < -0.39 is 23.8 Å². The molecule has 0 saturated carbocycles. The molecule has 2 amide bonds. The number of carbonyl (C=O) groups excluding carboxylic acids is 3. The summed E-state index contributed by atoms with van der Waals surface area (Å²) in [5.41, 5.74) is 7.75. The number of halogens is 3. The van der Waals surface area contributed by atoms with Crippen LogP contribution in [0.1, 0.15) is 48.0 Å². The molecule has 1 fully saturated rings. The third-order valence-corrected chi connectivity index (χ3v) is 7.79. The number of nitrogens with zero attached hydrogens (tertiary/aromatic N) is 1. The van der Waals surface area contributed by atoms with Gasteiger partial charge in [0.25, 0.3) is 5.91 Å². The summed E-state index contributed by atoms with van der Waals surface area (Å²) in [7, 11) is 1.30. The van der Waals surface area contributed by atoms with Crippen LogP contribution in [0.4, 0.5) is 24.5 Å². The quantitative estimate of drug-likeness (QED) is 0.243. The number of alkyl halides is 3. The lowest BCUT2D eigenvalue weighted by molar-refractivity contribution is -0.145. The fourth-order valence-corrected chi connectivity index (χ4v) is 5.35. The van der Waals surface area contributed by atoms with Gasteiger partial charge in [-0.15, -0.1) is 0 Å². The highest BCUT2D eigenvalue weighted by atomic mass is 19.4. The predicted octanol–water partition coefficient (Wildman–Crippen LogP) is 5.63. The predicted molar refractivity (Wildman–Crippen MR) is 163 cm³/mol. The van der Waals surface area contributed by atoms with Crippen molar-refractivity contribution < 1.29 is 32.3 Å². The maximum absolute atomic E-state index is 13.2. The molecule has 3 aromatic rings. The van der Waals surface area contributed by atoms with Crippen molar-refractivity contribution in [1.82, 2.24) is 5.32 Å². The van der Waals surface area contributed by atoms with Crippen molar-refractivity contribution in [2.45, 2.75) is 44.3 Å². The monoisotopic (exact) mass is 610 g/mol. The molecule has 1 heterocycles. The average molecular weight is 611 g/mol. The molecule has 3 aromatic carbocycles. The Bertz CT molecular complexity index is 1420. The molecule has 0 aromatic heterocycles. The molecule has 11 heteroatoms. The van der Waals surface area contributed by atoms with E-state index in [0.717, 1.165) is 43.8 Å². The van der Waals surface area contributed by atoms with E-state index in [-0.39, 0.29) is 17.7 Å². The second-order valence-electron chi connectivity index (χ2n) is 10.8. The molecule has 0 spiro atoms. The highest BCUT2D eigenvalue weighted by Gasteiger charge is 2.30. The van der Waals surface area contributed by atoms with Crippen molar-refractivity contribution in [3.63, 3.8) is 0 Å². The van der Waals surface area contributed by atoms with E-state index in [4.69, 9.17) is 10.5 Å². The summed E-state index contributed by atoms with van der Waals surface area (Å²) in [6.45, 7) is 1.95. The van der Waals surface area contributed by atoms with Gasteiger partial charge in [0, 0.05) is 36.4 Å². The first kappa shape index (κ1) is 32.5. The van der Waals surface area contributed by atoms with Crippen molar-refractivity contribution in [1.29, 1.82) is 0 Å². The number of methoxy groups -OCH3 is 1. The first-order valence-corrected chi connectivity index (χ1v) is 14.6. The van der Waals surface area contributed by atoms with E-state index in [1.165, 1.54) is 19.2 Å². The van der Waals surface area contributed by atoms with Gasteiger partial charge in [-0.3, -0.25) is 9.59 Å². The van der Waals surface area contributed by atoms with E-state index in [9.17, 15) is 27.6 Å². The fourth-order valence-electron chi connectivity index (χ4n) is 5.35. The number of esters is 1. The third kappa shape index (κ3) is 8.59. The van der Waals surface area contributed by atoms with Crippen molar-refractivity contribution in [3.05, 3.63) is 83.9 Å². The SMILES string of the molecule is COC(=O)[C@H](CCCN)NC(=O)CC1CCN(c2ccc(NC(=O)c3ccccc3-c3ccc(C(F)(F)F)cc3)cc2)CC1. The van der Waals surface area contributed by atoms with E-state index in [1.807, 2.05) is 24.3 Å². The molecule has 44 heavy (non-hydrogen) atoms. The van der Waals surface area contributed by atoms with Crippen LogP contribution >= 0.6 is 0 Å². The number of rotatable bonds is 11. The maximum atomic E-state index is 13.2. The standard InChI is InChI=1S/C33H37F3N4O4/c1-44-32(43)29(7-4-18-37)39-30(41)21-22-16-19-40(20-17-22)26-14-12-25(13-15-26)38-31(42)28-6-3-2-5-27(28)23-8-10-24(11-9-23)33(34,35)36/h2-3,5-6,8-15,22,29H,4,7,16-21,37H2,1H3,(H,38,42)(H,39,41)/t29-/m0/s1. The van der Waals surface area contributed by atoms with Gasteiger partial charge in [0.15, 0.2) is 0 Å². The highest BCUT2D eigenvalue weighted by Crippen LogP contribution is 2.32. The zero-order chi connectivity index (χ0) is 31.7. The molecule has 0 bridgehead atoms. The van der Waals surface area contributed by atoms with E-state index in [2.05, 4.69) is 15.5 Å². The first-order valence-electron chi connectivity index (χ1n) is 14.6. The molecule has 0 aliphatic carbocycles. The van der Waals surface area contributed by atoms with Gasteiger partial charge in [-0.25, -0.2) is 4.79 Å². The first-order chi connectivity index (χ1) is 21.1. The van der Waals surface area contributed by atoms with Crippen LogP contribution in [0.25, 0.3) is 11.1 Å². The highest BCUT2D eigenvalue weighted by molar-refractivity contribution is 6.08. The topological polar surface area (TPSA) is 114 Å². The van der Waals surface area contributed by atoms with Gasteiger partial charge < -0.3 is 26.0 Å². The lowest BCUT2D eigenvalue weighted by atomic mass is 9.92. The number of benzene rings is 3. The molecule has 0 unspecified atom stereocenters. The van der Waals surface area contributed by atoms with Gasteiger partial charge >= 0.3 is 12.1 Å². The van der Waals surface area contributed by atoms with Gasteiger partial charge in [0.1, 0.15) is 6.04 Å². The number of carbonyl (C=O) groups is 3. The minimum Gasteiger partial charge on any atom is -0.467 e. The summed E-state index contributed by atoms with van der Waals surface area (Å²) >= 11 is 0. The normalized spacial score (nSPS) is 14.5. The van der Waals surface area contributed by atoms with E-state index in [1.54, 1.807) is 24.3 Å². The smallest absolute Gasteiger partial charge is 0.416 e. The molecule has 0 radical (unpaired) electrons. The van der Waals surface area contributed by atoms with Crippen molar-refractivity contribution in [2.24, 2.45) is 11.7 Å². The zero-order valence-corrected chi connectivity index (χ0v) is 24.5. The summed E-state index contributed by atoms with van der Waals surface area (Å²) in [4.78, 5) is 39.9. The number of hydrogen-bond acceptors (Lipinski definition) is 6. The molecular formula is C33H37F3N4O4. The lowest BCUT2D eigenvalue weighted by Crippen LogP contribution is -2.43. The summed E-state index contributed by atoms with van der Waals surface area (Å²) in [5, 5.41) is 5.67. The van der Waals surface area contributed by atoms with Crippen LogP contribution in [0, 0.1) is 5.92 Å². The van der Waals surface area contributed by atoms with Crippen molar-refractivity contribution in [2.75, 3.05) is 37.0 Å². The van der Waals surface area contributed by atoms with Crippen molar-refractivity contribution in [3.8, 4) is 11.1 Å². The summed E-state index contributed by atoms with van der Waals surface area (Å²) in [5.74, 6) is -0.812. The number of nitrogens with two attached hydrogens (primary N) is 1. The van der Waals surface area contributed by atoms with Crippen LogP contribution in [0.3, 0.4) is 0 Å². The maximum Gasteiger partial charge on any atom is 0.416 e. The van der Waals surface area contributed by atoms with Crippen molar-refractivity contribution >= 4 is 29.2 Å². The molecule has 4 rings (SSSR count).